The second-order valence-corrected chi connectivity index (χ2v) is 4.76. The second-order valence-electron chi connectivity index (χ2n) is 4.76. The quantitative estimate of drug-likeness (QED) is 0.677. The van der Waals surface area contributed by atoms with Crippen molar-refractivity contribution in [1.29, 1.82) is 0 Å². The van der Waals surface area contributed by atoms with E-state index in [1.807, 2.05) is 26.8 Å². The van der Waals surface area contributed by atoms with Gasteiger partial charge in [-0.2, -0.15) is 0 Å². The molecule has 0 fully saturated rings. The molecule has 0 saturated carbocycles. The fraction of sp³-hybridized carbons (Fsp3) is 0.600. The van der Waals surface area contributed by atoms with Gasteiger partial charge in [0.05, 0.1) is 12.2 Å². The van der Waals surface area contributed by atoms with Gasteiger partial charge >= 0.3 is 0 Å². The summed E-state index contributed by atoms with van der Waals surface area (Å²) < 4.78 is 5.40. The van der Waals surface area contributed by atoms with Gasteiger partial charge < -0.3 is 20.3 Å². The van der Waals surface area contributed by atoms with Gasteiger partial charge in [-0.05, 0) is 38.0 Å². The predicted molar refractivity (Wildman–Crippen MR) is 76.5 cm³/mol. The van der Waals surface area contributed by atoms with Crippen molar-refractivity contribution < 1.29 is 14.9 Å². The number of nitrogens with one attached hydrogen (secondary N) is 1. The highest BCUT2D eigenvalue weighted by molar-refractivity contribution is 5.39. The van der Waals surface area contributed by atoms with Crippen molar-refractivity contribution in [2.45, 2.75) is 45.8 Å². The lowest BCUT2D eigenvalue weighted by Crippen LogP contribution is -2.39. The Labute approximate surface area is 115 Å². The van der Waals surface area contributed by atoms with E-state index in [1.54, 1.807) is 12.1 Å². The summed E-state index contributed by atoms with van der Waals surface area (Å²) in [5, 5.41) is 23.1. The van der Waals surface area contributed by atoms with Crippen LogP contribution in [0.2, 0.25) is 0 Å². The van der Waals surface area contributed by atoms with Crippen molar-refractivity contribution in [3.8, 4) is 11.5 Å². The van der Waals surface area contributed by atoms with Crippen LogP contribution in [0.15, 0.2) is 18.2 Å². The van der Waals surface area contributed by atoms with Crippen molar-refractivity contribution >= 4 is 0 Å². The van der Waals surface area contributed by atoms with E-state index in [-0.39, 0.29) is 5.75 Å². The van der Waals surface area contributed by atoms with Crippen LogP contribution in [0.25, 0.3) is 0 Å². The molecule has 0 amide bonds. The fourth-order valence-electron chi connectivity index (χ4n) is 1.89. The van der Waals surface area contributed by atoms with Crippen LogP contribution in [0.1, 0.15) is 39.2 Å². The minimum Gasteiger partial charge on any atom is -0.508 e. The number of aliphatic hydroxyl groups is 1. The third-order valence-corrected chi connectivity index (χ3v) is 3.45. The molecule has 3 N–H and O–H groups in total. The molecule has 108 valence electrons. The Morgan fingerprint density at radius 2 is 1.89 bits per heavy atom. The number of ether oxygens (including phenoxy) is 1. The zero-order valence-electron chi connectivity index (χ0n) is 12.1. The third kappa shape index (κ3) is 4.73. The van der Waals surface area contributed by atoms with Crippen LogP contribution < -0.4 is 10.1 Å². The van der Waals surface area contributed by atoms with Crippen LogP contribution in [0.4, 0.5) is 0 Å². The summed E-state index contributed by atoms with van der Waals surface area (Å²) in [5.74, 6) is 0.992. The summed E-state index contributed by atoms with van der Waals surface area (Å²) in [6, 6.07) is 5.20. The first-order valence-electron chi connectivity index (χ1n) is 6.92. The lowest BCUT2D eigenvalue weighted by Gasteiger charge is -2.25. The second kappa shape index (κ2) is 7.36. The van der Waals surface area contributed by atoms with Crippen molar-refractivity contribution in [2.24, 2.45) is 0 Å². The molecular formula is C15H25NO3. The molecule has 0 bridgehead atoms. The van der Waals surface area contributed by atoms with Gasteiger partial charge in [-0.1, -0.05) is 13.8 Å². The Balaban J connectivity index is 2.59. The molecule has 1 aromatic carbocycles. The van der Waals surface area contributed by atoms with Gasteiger partial charge in [0.15, 0.2) is 0 Å². The van der Waals surface area contributed by atoms with Gasteiger partial charge in [-0.3, -0.25) is 0 Å². The summed E-state index contributed by atoms with van der Waals surface area (Å²) in [5.41, 5.74) is 0.105. The van der Waals surface area contributed by atoms with Crippen molar-refractivity contribution in [3.05, 3.63) is 23.8 Å². The minimum atomic E-state index is -0.673. The first kappa shape index (κ1) is 15.8. The number of hydrogen-bond acceptors (Lipinski definition) is 4. The van der Waals surface area contributed by atoms with Crippen molar-refractivity contribution in [3.63, 3.8) is 0 Å². The van der Waals surface area contributed by atoms with Gasteiger partial charge in [-0.25, -0.2) is 0 Å². The number of rotatable bonds is 8. The lowest BCUT2D eigenvalue weighted by atomic mass is 9.97. The molecule has 0 aliphatic heterocycles. The molecule has 0 saturated heterocycles. The van der Waals surface area contributed by atoms with Gasteiger partial charge in [0.2, 0.25) is 0 Å². The van der Waals surface area contributed by atoms with E-state index >= 15 is 0 Å². The van der Waals surface area contributed by atoms with E-state index in [9.17, 15) is 10.2 Å². The fourth-order valence-corrected chi connectivity index (χ4v) is 1.89. The van der Waals surface area contributed by atoms with E-state index < -0.39 is 5.60 Å². The average Bonchev–Trinajstić information content (AvgIpc) is 2.42. The molecule has 0 aromatic heterocycles. The molecule has 1 aromatic rings. The first-order valence-corrected chi connectivity index (χ1v) is 6.92. The van der Waals surface area contributed by atoms with E-state index in [0.29, 0.717) is 32.5 Å². The maximum Gasteiger partial charge on any atom is 0.120 e. The summed E-state index contributed by atoms with van der Waals surface area (Å²) in [7, 11) is 0. The Kier molecular flexibility index (Phi) is 6.12. The summed E-state index contributed by atoms with van der Waals surface area (Å²) in [6.45, 7) is 7.49. The largest absolute Gasteiger partial charge is 0.508 e. The molecule has 0 unspecified atom stereocenters. The first-order chi connectivity index (χ1) is 9.04. The minimum absolute atomic E-state index is 0.243. The van der Waals surface area contributed by atoms with Gasteiger partial charge in [0.25, 0.3) is 0 Å². The molecule has 1 rings (SSSR count). The predicted octanol–water partition coefficient (Wildman–Crippen LogP) is 2.43. The molecule has 0 spiro atoms. The number of benzene rings is 1. The monoisotopic (exact) mass is 267 g/mol. The molecular weight excluding hydrogens is 242 g/mol. The Morgan fingerprint density at radius 3 is 2.47 bits per heavy atom. The lowest BCUT2D eigenvalue weighted by molar-refractivity contribution is 0.0322. The number of hydrogen-bond donors (Lipinski definition) is 3. The maximum atomic E-state index is 10.2. The highest BCUT2D eigenvalue weighted by Gasteiger charge is 2.21. The number of aromatic hydroxyl groups is 1. The van der Waals surface area contributed by atoms with Crippen LogP contribution in [0.5, 0.6) is 11.5 Å². The highest BCUT2D eigenvalue weighted by atomic mass is 16.5. The molecule has 0 atom stereocenters. The standard InChI is InChI=1S/C15H25NO3/c1-4-15(18,5-2)11-16-10-12-9-13(19-6-3)7-8-14(12)17/h7-9,16-18H,4-6,10-11H2,1-3H3. The SMILES string of the molecule is CCOc1ccc(O)c(CNCC(O)(CC)CC)c1. The number of phenolic OH excluding ortho intramolecular Hbond substituents is 1. The Morgan fingerprint density at radius 1 is 1.21 bits per heavy atom. The highest BCUT2D eigenvalue weighted by Crippen LogP contribution is 2.23. The molecule has 19 heavy (non-hydrogen) atoms. The molecule has 0 aliphatic carbocycles. The van der Waals surface area contributed by atoms with Gasteiger partial charge in [0.1, 0.15) is 11.5 Å². The Bertz CT molecular complexity index is 389. The van der Waals surface area contributed by atoms with Crippen molar-refractivity contribution in [2.75, 3.05) is 13.2 Å². The van der Waals surface area contributed by atoms with E-state index in [0.717, 1.165) is 11.3 Å². The molecule has 0 aliphatic rings. The number of phenols is 1. The average molecular weight is 267 g/mol. The molecule has 0 radical (unpaired) electrons. The van der Waals surface area contributed by atoms with Gasteiger partial charge in [0, 0.05) is 18.7 Å². The molecule has 4 nitrogen and oxygen atoms in total. The molecule has 4 heteroatoms. The summed E-state index contributed by atoms with van der Waals surface area (Å²) in [6.07, 6.45) is 1.42. The van der Waals surface area contributed by atoms with Crippen LogP contribution in [0.3, 0.4) is 0 Å². The summed E-state index contributed by atoms with van der Waals surface area (Å²) >= 11 is 0. The van der Waals surface area contributed by atoms with Crippen LogP contribution in [0, 0.1) is 0 Å². The van der Waals surface area contributed by atoms with E-state index in [4.69, 9.17) is 4.74 Å². The normalized spacial score (nSPS) is 11.6. The zero-order chi connectivity index (χ0) is 14.3. The van der Waals surface area contributed by atoms with E-state index in [2.05, 4.69) is 5.32 Å². The van der Waals surface area contributed by atoms with Crippen LogP contribution in [-0.2, 0) is 6.54 Å². The topological polar surface area (TPSA) is 61.7 Å². The van der Waals surface area contributed by atoms with Gasteiger partial charge in [-0.15, -0.1) is 0 Å². The zero-order valence-corrected chi connectivity index (χ0v) is 12.1. The smallest absolute Gasteiger partial charge is 0.120 e. The Hall–Kier alpha value is -1.26. The third-order valence-electron chi connectivity index (χ3n) is 3.45. The summed E-state index contributed by atoms with van der Waals surface area (Å²) in [4.78, 5) is 0. The van der Waals surface area contributed by atoms with Crippen LogP contribution in [-0.4, -0.2) is 29.0 Å². The molecule has 0 heterocycles. The maximum absolute atomic E-state index is 10.2. The van der Waals surface area contributed by atoms with Crippen molar-refractivity contribution in [1.82, 2.24) is 5.32 Å². The van der Waals surface area contributed by atoms with Crippen LogP contribution >= 0.6 is 0 Å². The van der Waals surface area contributed by atoms with E-state index in [1.165, 1.54) is 0 Å².